The molecule has 2 atom stereocenters. The van der Waals surface area contributed by atoms with Crippen LogP contribution in [0.15, 0.2) is 12.2 Å². The second-order valence-electron chi connectivity index (χ2n) is 4.66. The van der Waals surface area contributed by atoms with E-state index in [1.54, 1.807) is 0 Å². The average Bonchev–Trinajstić information content (AvgIpc) is 2.12. The van der Waals surface area contributed by atoms with E-state index >= 15 is 0 Å². The predicted octanol–water partition coefficient (Wildman–Crippen LogP) is 2.26. The van der Waals surface area contributed by atoms with E-state index < -0.39 is 8.07 Å². The molecule has 0 aromatic carbocycles. The van der Waals surface area contributed by atoms with Gasteiger partial charge < -0.3 is 5.11 Å². The Morgan fingerprint density at radius 2 is 2.09 bits per heavy atom. The van der Waals surface area contributed by atoms with Gasteiger partial charge in [0.25, 0.3) is 0 Å². The van der Waals surface area contributed by atoms with Gasteiger partial charge >= 0.3 is 0 Å². The molecule has 1 rings (SSSR count). The number of aliphatic hydroxyl groups excluding tert-OH is 1. The number of rotatable bonds is 2. The van der Waals surface area contributed by atoms with Crippen LogP contribution in [0.3, 0.4) is 0 Å². The SMILES string of the molecule is C[Si](C)(C)C[C@@H]1C=CC[C@H]1O. The van der Waals surface area contributed by atoms with Crippen molar-refractivity contribution in [3.8, 4) is 0 Å². The monoisotopic (exact) mass is 170 g/mol. The van der Waals surface area contributed by atoms with Gasteiger partial charge in [-0.15, -0.1) is 0 Å². The van der Waals surface area contributed by atoms with E-state index in [0.29, 0.717) is 5.92 Å². The Kier molecular flexibility index (Phi) is 2.55. The Bertz CT molecular complexity index is 157. The fourth-order valence-corrected chi connectivity index (χ4v) is 3.43. The summed E-state index contributed by atoms with van der Waals surface area (Å²) < 4.78 is 0. The third-order valence-corrected chi connectivity index (χ3v) is 3.80. The lowest BCUT2D eigenvalue weighted by Crippen LogP contribution is -2.27. The molecule has 11 heavy (non-hydrogen) atoms. The quantitative estimate of drug-likeness (QED) is 0.498. The third kappa shape index (κ3) is 2.79. The van der Waals surface area contributed by atoms with Crippen molar-refractivity contribution in [1.82, 2.24) is 0 Å². The molecule has 1 N–H and O–H groups in total. The van der Waals surface area contributed by atoms with E-state index in [1.807, 2.05) is 0 Å². The van der Waals surface area contributed by atoms with Gasteiger partial charge in [0.15, 0.2) is 0 Å². The molecule has 1 aliphatic rings. The summed E-state index contributed by atoms with van der Waals surface area (Å²) >= 11 is 0. The van der Waals surface area contributed by atoms with Gasteiger partial charge in [-0.1, -0.05) is 31.8 Å². The van der Waals surface area contributed by atoms with Crippen LogP contribution in [-0.4, -0.2) is 19.3 Å². The van der Waals surface area contributed by atoms with Gasteiger partial charge in [0.1, 0.15) is 0 Å². The van der Waals surface area contributed by atoms with Gasteiger partial charge in [-0.05, 0) is 12.5 Å². The summed E-state index contributed by atoms with van der Waals surface area (Å²) in [6.07, 6.45) is 5.08. The van der Waals surface area contributed by atoms with Crippen LogP contribution in [0.25, 0.3) is 0 Å². The molecular formula is C9H18OSi. The van der Waals surface area contributed by atoms with E-state index in [-0.39, 0.29) is 6.10 Å². The Balaban J connectivity index is 2.43. The molecule has 1 aliphatic carbocycles. The van der Waals surface area contributed by atoms with Crippen molar-refractivity contribution in [2.24, 2.45) is 5.92 Å². The molecule has 2 heteroatoms. The molecule has 1 nitrogen and oxygen atoms in total. The van der Waals surface area contributed by atoms with E-state index in [9.17, 15) is 5.11 Å². The second-order valence-corrected chi connectivity index (χ2v) is 10.2. The van der Waals surface area contributed by atoms with Crippen molar-refractivity contribution in [1.29, 1.82) is 0 Å². The van der Waals surface area contributed by atoms with Gasteiger partial charge in [-0.25, -0.2) is 0 Å². The number of hydrogen-bond donors (Lipinski definition) is 1. The van der Waals surface area contributed by atoms with Gasteiger partial charge in [-0.3, -0.25) is 0 Å². The molecule has 0 saturated heterocycles. The van der Waals surface area contributed by atoms with E-state index in [0.717, 1.165) is 6.42 Å². The fourth-order valence-electron chi connectivity index (χ4n) is 1.61. The Hall–Kier alpha value is -0.0831. The summed E-state index contributed by atoms with van der Waals surface area (Å²) in [6.45, 7) is 7.06. The van der Waals surface area contributed by atoms with Crippen molar-refractivity contribution in [2.45, 2.75) is 38.2 Å². The highest BCUT2D eigenvalue weighted by atomic mass is 28.3. The molecule has 0 fully saturated rings. The lowest BCUT2D eigenvalue weighted by atomic mass is 10.1. The average molecular weight is 170 g/mol. The smallest absolute Gasteiger partial charge is 0.0634 e. The van der Waals surface area contributed by atoms with Crippen LogP contribution in [0.1, 0.15) is 6.42 Å². The molecule has 64 valence electrons. The predicted molar refractivity (Wildman–Crippen MR) is 51.4 cm³/mol. The standard InChI is InChI=1S/C9H18OSi/c1-11(2,3)7-8-5-4-6-9(8)10/h4-5,8-10H,6-7H2,1-3H3/t8-,9+/m0/s1. The van der Waals surface area contributed by atoms with Crippen molar-refractivity contribution in [2.75, 3.05) is 0 Å². The first-order valence-corrected chi connectivity index (χ1v) is 8.04. The number of hydrogen-bond acceptors (Lipinski definition) is 1. The van der Waals surface area contributed by atoms with E-state index in [2.05, 4.69) is 31.8 Å². The zero-order valence-electron chi connectivity index (χ0n) is 7.67. The highest BCUT2D eigenvalue weighted by Crippen LogP contribution is 2.27. The first-order chi connectivity index (χ1) is 4.99. The lowest BCUT2D eigenvalue weighted by Gasteiger charge is -2.22. The summed E-state index contributed by atoms with van der Waals surface area (Å²) in [4.78, 5) is 0. The number of aliphatic hydroxyl groups is 1. The van der Waals surface area contributed by atoms with Crippen LogP contribution in [0, 0.1) is 5.92 Å². The maximum atomic E-state index is 9.51. The first kappa shape index (κ1) is 9.01. The maximum Gasteiger partial charge on any atom is 0.0634 e. The van der Waals surface area contributed by atoms with Crippen molar-refractivity contribution < 1.29 is 5.11 Å². The molecule has 0 aliphatic heterocycles. The minimum Gasteiger partial charge on any atom is -0.392 e. The van der Waals surface area contributed by atoms with Gasteiger partial charge in [-0.2, -0.15) is 0 Å². The summed E-state index contributed by atoms with van der Waals surface area (Å²) in [6, 6.07) is 1.23. The Morgan fingerprint density at radius 3 is 2.45 bits per heavy atom. The summed E-state index contributed by atoms with van der Waals surface area (Å²) in [5, 5.41) is 9.51. The topological polar surface area (TPSA) is 20.2 Å². The van der Waals surface area contributed by atoms with E-state index in [4.69, 9.17) is 0 Å². The second kappa shape index (κ2) is 3.11. The molecule has 0 unspecified atom stereocenters. The highest BCUT2D eigenvalue weighted by Gasteiger charge is 2.26. The fraction of sp³-hybridized carbons (Fsp3) is 0.778. The zero-order chi connectivity index (χ0) is 8.48. The third-order valence-electron chi connectivity index (χ3n) is 2.10. The first-order valence-electron chi connectivity index (χ1n) is 4.34. The zero-order valence-corrected chi connectivity index (χ0v) is 8.67. The van der Waals surface area contributed by atoms with Crippen LogP contribution in [0.4, 0.5) is 0 Å². The molecule has 0 heterocycles. The van der Waals surface area contributed by atoms with Crippen molar-refractivity contribution in [3.63, 3.8) is 0 Å². The van der Waals surface area contributed by atoms with Crippen molar-refractivity contribution >= 4 is 8.07 Å². The van der Waals surface area contributed by atoms with Crippen LogP contribution in [-0.2, 0) is 0 Å². The minimum atomic E-state index is -0.975. The molecule has 0 saturated carbocycles. The minimum absolute atomic E-state index is 0.0817. The summed E-state index contributed by atoms with van der Waals surface area (Å²) in [5.41, 5.74) is 0. The molecule has 0 aromatic rings. The van der Waals surface area contributed by atoms with Crippen LogP contribution < -0.4 is 0 Å². The molecular weight excluding hydrogens is 152 g/mol. The largest absolute Gasteiger partial charge is 0.392 e. The summed E-state index contributed by atoms with van der Waals surface area (Å²) in [7, 11) is -0.975. The highest BCUT2D eigenvalue weighted by molar-refractivity contribution is 6.76. The normalized spacial score (nSPS) is 31.3. The van der Waals surface area contributed by atoms with Crippen LogP contribution in [0.2, 0.25) is 25.7 Å². The Morgan fingerprint density at radius 1 is 1.45 bits per heavy atom. The van der Waals surface area contributed by atoms with Gasteiger partial charge in [0, 0.05) is 14.0 Å². The van der Waals surface area contributed by atoms with Crippen LogP contribution in [0.5, 0.6) is 0 Å². The van der Waals surface area contributed by atoms with E-state index in [1.165, 1.54) is 6.04 Å². The summed E-state index contributed by atoms with van der Waals surface area (Å²) in [5.74, 6) is 0.460. The maximum absolute atomic E-state index is 9.51. The molecule has 0 spiro atoms. The molecule has 0 radical (unpaired) electrons. The Labute approximate surface area is 70.1 Å². The molecule has 0 bridgehead atoms. The molecule has 0 aromatic heterocycles. The van der Waals surface area contributed by atoms with Crippen LogP contribution >= 0.6 is 0 Å². The van der Waals surface area contributed by atoms with Gasteiger partial charge in [0.05, 0.1) is 6.10 Å². The lowest BCUT2D eigenvalue weighted by molar-refractivity contribution is 0.150. The molecule has 0 amide bonds. The van der Waals surface area contributed by atoms with Crippen molar-refractivity contribution in [3.05, 3.63) is 12.2 Å². The van der Waals surface area contributed by atoms with Gasteiger partial charge in [0.2, 0.25) is 0 Å².